The number of hydrogen-bond donors (Lipinski definition) is 0. The molecule has 2 aromatic heterocycles. The zero-order chi connectivity index (χ0) is 14.2. The topological polar surface area (TPSA) is 43.1 Å². The van der Waals surface area contributed by atoms with Gasteiger partial charge in [0.15, 0.2) is 0 Å². The van der Waals surface area contributed by atoms with Crippen molar-refractivity contribution in [2.75, 3.05) is 0 Å². The molecule has 0 atom stereocenters. The molecule has 4 aromatic rings. The molecule has 0 bridgehead atoms. The van der Waals surface area contributed by atoms with Gasteiger partial charge in [-0.05, 0) is 35.9 Å². The molecule has 0 N–H and O–H groups in total. The molecule has 4 rings (SSSR count). The van der Waals surface area contributed by atoms with Gasteiger partial charge < -0.3 is 4.42 Å². The molecule has 0 fully saturated rings. The van der Waals surface area contributed by atoms with Gasteiger partial charge in [0.2, 0.25) is 5.43 Å². The highest BCUT2D eigenvalue weighted by Crippen LogP contribution is 2.24. The first-order valence-corrected chi connectivity index (χ1v) is 6.69. The van der Waals surface area contributed by atoms with Crippen molar-refractivity contribution in [1.82, 2.24) is 4.98 Å². The summed E-state index contributed by atoms with van der Waals surface area (Å²) in [5, 5.41) is 1.20. The Hall–Kier alpha value is -2.94. The van der Waals surface area contributed by atoms with Crippen LogP contribution in [0, 0.1) is 0 Å². The molecule has 3 heteroatoms. The van der Waals surface area contributed by atoms with Crippen molar-refractivity contribution in [3.63, 3.8) is 0 Å². The van der Waals surface area contributed by atoms with Crippen molar-refractivity contribution < 1.29 is 4.42 Å². The van der Waals surface area contributed by atoms with E-state index in [4.69, 9.17) is 4.42 Å². The highest BCUT2D eigenvalue weighted by Gasteiger charge is 2.08. The minimum atomic E-state index is -0.00223. The fourth-order valence-electron chi connectivity index (χ4n) is 2.52. The van der Waals surface area contributed by atoms with Crippen molar-refractivity contribution in [3.8, 4) is 11.1 Å². The smallest absolute Gasteiger partial charge is 0.200 e. The summed E-state index contributed by atoms with van der Waals surface area (Å²) in [5.74, 6) is 0. The van der Waals surface area contributed by atoms with E-state index in [9.17, 15) is 4.79 Å². The second kappa shape index (κ2) is 4.56. The highest BCUT2D eigenvalue weighted by atomic mass is 16.3. The summed E-state index contributed by atoms with van der Waals surface area (Å²) in [6.45, 7) is 0. The maximum absolute atomic E-state index is 12.6. The summed E-state index contributed by atoms with van der Waals surface area (Å²) in [6.07, 6.45) is 3.51. The average Bonchev–Trinajstić information content (AvgIpc) is 2.56. The minimum absolute atomic E-state index is 0.00223. The van der Waals surface area contributed by atoms with Crippen LogP contribution in [0.5, 0.6) is 0 Å². The first-order valence-electron chi connectivity index (χ1n) is 6.69. The lowest BCUT2D eigenvalue weighted by atomic mass is 10.0. The van der Waals surface area contributed by atoms with E-state index in [2.05, 4.69) is 4.98 Å². The summed E-state index contributed by atoms with van der Waals surface area (Å²) >= 11 is 0. The summed E-state index contributed by atoms with van der Waals surface area (Å²) in [4.78, 5) is 16.7. The number of pyridine rings is 1. The number of para-hydroxylation sites is 1. The van der Waals surface area contributed by atoms with E-state index in [0.29, 0.717) is 21.9 Å². The molecule has 100 valence electrons. The molecule has 2 heterocycles. The van der Waals surface area contributed by atoms with Gasteiger partial charge in [-0.2, -0.15) is 0 Å². The normalized spacial score (nSPS) is 11.0. The Kier molecular flexibility index (Phi) is 2.57. The molecule has 3 nitrogen and oxygen atoms in total. The van der Waals surface area contributed by atoms with Crippen LogP contribution >= 0.6 is 0 Å². The molecular weight excluding hydrogens is 262 g/mol. The van der Waals surface area contributed by atoms with Crippen LogP contribution in [-0.4, -0.2) is 4.98 Å². The van der Waals surface area contributed by atoms with Crippen molar-refractivity contribution in [3.05, 3.63) is 77.2 Å². The Morgan fingerprint density at radius 1 is 0.810 bits per heavy atom. The second-order valence-corrected chi connectivity index (χ2v) is 4.88. The Morgan fingerprint density at radius 2 is 1.67 bits per heavy atom. The maximum atomic E-state index is 12.6. The van der Waals surface area contributed by atoms with Gasteiger partial charge in [0.25, 0.3) is 0 Å². The van der Waals surface area contributed by atoms with E-state index in [1.54, 1.807) is 18.5 Å². The number of fused-ring (bicyclic) bond motifs is 2. The van der Waals surface area contributed by atoms with Gasteiger partial charge in [-0.3, -0.25) is 9.78 Å². The largest absolute Gasteiger partial charge is 0.456 e. The van der Waals surface area contributed by atoms with Gasteiger partial charge in [-0.25, -0.2) is 0 Å². The molecule has 21 heavy (non-hydrogen) atoms. The molecule has 0 aliphatic carbocycles. The van der Waals surface area contributed by atoms with E-state index >= 15 is 0 Å². The Balaban J connectivity index is 2.06. The van der Waals surface area contributed by atoms with Crippen molar-refractivity contribution >= 4 is 21.9 Å². The third kappa shape index (κ3) is 1.91. The lowest BCUT2D eigenvalue weighted by Gasteiger charge is -2.04. The van der Waals surface area contributed by atoms with Crippen molar-refractivity contribution in [2.45, 2.75) is 0 Å². The molecule has 0 radical (unpaired) electrons. The highest BCUT2D eigenvalue weighted by molar-refractivity contribution is 5.91. The fourth-order valence-corrected chi connectivity index (χ4v) is 2.52. The van der Waals surface area contributed by atoms with E-state index < -0.39 is 0 Å². The third-order valence-electron chi connectivity index (χ3n) is 3.57. The second-order valence-electron chi connectivity index (χ2n) is 4.88. The van der Waals surface area contributed by atoms with Crippen LogP contribution in [0.4, 0.5) is 0 Å². The van der Waals surface area contributed by atoms with Gasteiger partial charge in [0.1, 0.15) is 11.2 Å². The SMILES string of the molecule is O=c1c2ccccc2oc2ccc(-c3cccnc3)cc12. The third-order valence-corrected chi connectivity index (χ3v) is 3.57. The van der Waals surface area contributed by atoms with Crippen molar-refractivity contribution in [2.24, 2.45) is 0 Å². The summed E-state index contributed by atoms with van der Waals surface area (Å²) < 4.78 is 5.80. The van der Waals surface area contributed by atoms with Crippen LogP contribution in [-0.2, 0) is 0 Å². The van der Waals surface area contributed by atoms with Crippen LogP contribution < -0.4 is 5.43 Å². The zero-order valence-electron chi connectivity index (χ0n) is 11.1. The van der Waals surface area contributed by atoms with E-state index in [1.165, 1.54) is 0 Å². The van der Waals surface area contributed by atoms with Crippen molar-refractivity contribution in [1.29, 1.82) is 0 Å². The molecule has 0 unspecified atom stereocenters. The first-order chi connectivity index (χ1) is 10.3. The van der Waals surface area contributed by atoms with Gasteiger partial charge in [0, 0.05) is 18.0 Å². The first kappa shape index (κ1) is 11.9. The molecule has 0 aliphatic heterocycles. The number of benzene rings is 2. The van der Waals surface area contributed by atoms with Crippen LogP contribution in [0.2, 0.25) is 0 Å². The molecule has 0 saturated carbocycles. The standard InChI is InChI=1S/C18H11NO2/c20-18-14-5-1-2-6-16(14)21-17-8-7-12(10-15(17)18)13-4-3-9-19-11-13/h1-11H. The Morgan fingerprint density at radius 3 is 2.52 bits per heavy atom. The van der Waals surface area contributed by atoms with Crippen LogP contribution in [0.3, 0.4) is 0 Å². The minimum Gasteiger partial charge on any atom is -0.456 e. The van der Waals surface area contributed by atoms with Crippen LogP contribution in [0.25, 0.3) is 33.1 Å². The number of nitrogens with zero attached hydrogens (tertiary/aromatic N) is 1. The van der Waals surface area contributed by atoms with Crippen LogP contribution in [0.1, 0.15) is 0 Å². The van der Waals surface area contributed by atoms with E-state index in [0.717, 1.165) is 11.1 Å². The predicted octanol–water partition coefficient (Wildman–Crippen LogP) is 4.01. The lowest BCUT2D eigenvalue weighted by Crippen LogP contribution is -2.01. The Bertz CT molecular complexity index is 1000. The molecule has 0 amide bonds. The zero-order valence-corrected chi connectivity index (χ0v) is 11.1. The summed E-state index contributed by atoms with van der Waals surface area (Å²) in [5.41, 5.74) is 3.15. The van der Waals surface area contributed by atoms with Gasteiger partial charge in [0.05, 0.1) is 10.8 Å². The van der Waals surface area contributed by atoms with E-state index in [1.807, 2.05) is 48.5 Å². The van der Waals surface area contributed by atoms with Gasteiger partial charge >= 0.3 is 0 Å². The molecule has 0 spiro atoms. The molecule has 0 aliphatic rings. The lowest BCUT2D eigenvalue weighted by molar-refractivity contribution is 0.660. The molecular formula is C18H11NO2. The number of rotatable bonds is 1. The quantitative estimate of drug-likeness (QED) is 0.492. The summed E-state index contributed by atoms with van der Waals surface area (Å²) in [7, 11) is 0. The molecule has 0 saturated heterocycles. The monoisotopic (exact) mass is 273 g/mol. The summed E-state index contributed by atoms with van der Waals surface area (Å²) in [6, 6.07) is 16.8. The van der Waals surface area contributed by atoms with Gasteiger partial charge in [-0.15, -0.1) is 0 Å². The molecule has 2 aromatic carbocycles. The number of aromatic nitrogens is 1. The fraction of sp³-hybridized carbons (Fsp3) is 0. The maximum Gasteiger partial charge on any atom is 0.200 e. The average molecular weight is 273 g/mol. The number of hydrogen-bond acceptors (Lipinski definition) is 3. The predicted molar refractivity (Wildman–Crippen MR) is 83.2 cm³/mol. The van der Waals surface area contributed by atoms with Gasteiger partial charge in [-0.1, -0.05) is 24.3 Å². The Labute approximate surface area is 120 Å². The van der Waals surface area contributed by atoms with Crippen LogP contribution in [0.15, 0.2) is 76.2 Å². The van der Waals surface area contributed by atoms with E-state index in [-0.39, 0.29) is 5.43 Å².